The first-order chi connectivity index (χ1) is 14.6. The second-order valence-electron chi connectivity index (χ2n) is 7.57. The van der Waals surface area contributed by atoms with Gasteiger partial charge in [-0.1, -0.05) is 18.2 Å². The topological polar surface area (TPSA) is 66.5 Å². The van der Waals surface area contributed by atoms with E-state index in [2.05, 4.69) is 0 Å². The summed E-state index contributed by atoms with van der Waals surface area (Å²) in [6.07, 6.45) is -0.532. The molecule has 4 rings (SSSR count). The van der Waals surface area contributed by atoms with Gasteiger partial charge in [0.1, 0.15) is 35.6 Å². The average molecular weight is 413 g/mol. The van der Waals surface area contributed by atoms with Crippen LogP contribution >= 0.6 is 0 Å². The van der Waals surface area contributed by atoms with Crippen molar-refractivity contribution < 1.29 is 28.5 Å². The molecule has 2 saturated heterocycles. The Labute approximate surface area is 176 Å². The summed E-state index contributed by atoms with van der Waals surface area (Å²) in [4.78, 5) is 14.3. The van der Waals surface area contributed by atoms with E-state index in [1.54, 1.807) is 12.0 Å². The van der Waals surface area contributed by atoms with Gasteiger partial charge >= 0.3 is 0 Å². The zero-order valence-electron chi connectivity index (χ0n) is 17.3. The standard InChI is InChI=1S/C23H27NO6/c1-16-5-3-7-18(9-16)27-15-23(25)24-11-21-22(12-24)29-14-20(13-28-21)30-19-8-4-6-17(10-19)26-2/h3-10,20-22H,11-15H2,1-2H3/t21-,22-/m0/s1. The Morgan fingerprint density at radius 1 is 1.00 bits per heavy atom. The van der Waals surface area contributed by atoms with Crippen molar-refractivity contribution in [2.45, 2.75) is 25.2 Å². The highest BCUT2D eigenvalue weighted by Crippen LogP contribution is 2.24. The van der Waals surface area contributed by atoms with Crippen molar-refractivity contribution in [3.8, 4) is 17.2 Å². The number of aryl methyl sites for hydroxylation is 1. The summed E-state index contributed by atoms with van der Waals surface area (Å²) in [7, 11) is 1.62. The molecule has 2 aromatic rings. The van der Waals surface area contributed by atoms with Crippen LogP contribution in [-0.2, 0) is 14.3 Å². The van der Waals surface area contributed by atoms with Gasteiger partial charge in [0, 0.05) is 19.2 Å². The number of rotatable bonds is 6. The monoisotopic (exact) mass is 413 g/mol. The van der Waals surface area contributed by atoms with Crippen molar-refractivity contribution in [3.63, 3.8) is 0 Å². The van der Waals surface area contributed by atoms with Gasteiger partial charge < -0.3 is 28.6 Å². The predicted octanol–water partition coefficient (Wildman–Crippen LogP) is 2.46. The summed E-state index contributed by atoms with van der Waals surface area (Å²) < 4.78 is 28.9. The molecule has 30 heavy (non-hydrogen) atoms. The Bertz CT molecular complexity index is 856. The maximum absolute atomic E-state index is 12.6. The minimum Gasteiger partial charge on any atom is -0.497 e. The maximum atomic E-state index is 12.6. The van der Waals surface area contributed by atoms with E-state index in [4.69, 9.17) is 23.7 Å². The summed E-state index contributed by atoms with van der Waals surface area (Å²) in [6.45, 7) is 3.78. The Morgan fingerprint density at radius 3 is 2.37 bits per heavy atom. The van der Waals surface area contributed by atoms with Crippen molar-refractivity contribution >= 4 is 5.91 Å². The van der Waals surface area contributed by atoms with Gasteiger partial charge in [-0.15, -0.1) is 0 Å². The van der Waals surface area contributed by atoms with E-state index in [9.17, 15) is 4.79 Å². The molecule has 7 heteroatoms. The Morgan fingerprint density at radius 2 is 1.67 bits per heavy atom. The Hall–Kier alpha value is -2.77. The summed E-state index contributed by atoms with van der Waals surface area (Å²) in [5, 5.41) is 0. The van der Waals surface area contributed by atoms with Crippen molar-refractivity contribution in [2.24, 2.45) is 0 Å². The Balaban J connectivity index is 1.26. The summed E-state index contributed by atoms with van der Waals surface area (Å²) >= 11 is 0. The number of benzene rings is 2. The molecule has 2 aliphatic heterocycles. The molecule has 0 aromatic heterocycles. The van der Waals surface area contributed by atoms with Crippen LogP contribution in [0, 0.1) is 6.92 Å². The van der Waals surface area contributed by atoms with Crippen LogP contribution < -0.4 is 14.2 Å². The number of amides is 1. The lowest BCUT2D eigenvalue weighted by atomic mass is 10.2. The molecule has 2 fully saturated rings. The zero-order valence-corrected chi connectivity index (χ0v) is 17.3. The van der Waals surface area contributed by atoms with Gasteiger partial charge in [-0.3, -0.25) is 4.79 Å². The summed E-state index contributed by atoms with van der Waals surface area (Å²) in [5.74, 6) is 2.08. The maximum Gasteiger partial charge on any atom is 0.260 e. The molecular formula is C23H27NO6. The normalized spacial score (nSPS) is 21.6. The smallest absolute Gasteiger partial charge is 0.260 e. The van der Waals surface area contributed by atoms with E-state index in [1.165, 1.54) is 0 Å². The van der Waals surface area contributed by atoms with Crippen molar-refractivity contribution in [2.75, 3.05) is 40.0 Å². The van der Waals surface area contributed by atoms with Crippen molar-refractivity contribution in [1.82, 2.24) is 4.90 Å². The summed E-state index contributed by atoms with van der Waals surface area (Å²) in [5.41, 5.74) is 1.09. The third kappa shape index (κ3) is 5.04. The van der Waals surface area contributed by atoms with E-state index in [0.29, 0.717) is 37.8 Å². The average Bonchev–Trinajstić information content (AvgIpc) is 3.08. The molecule has 2 atom stereocenters. The van der Waals surface area contributed by atoms with Crippen molar-refractivity contribution in [3.05, 3.63) is 54.1 Å². The number of carbonyl (C=O) groups is 1. The van der Waals surface area contributed by atoms with Crippen LogP contribution in [0.2, 0.25) is 0 Å². The predicted molar refractivity (Wildman–Crippen MR) is 110 cm³/mol. The first-order valence-electron chi connectivity index (χ1n) is 10.1. The third-order valence-electron chi connectivity index (χ3n) is 5.26. The molecule has 0 spiro atoms. The highest BCUT2D eigenvalue weighted by atomic mass is 16.6. The first-order valence-corrected chi connectivity index (χ1v) is 10.1. The largest absolute Gasteiger partial charge is 0.497 e. The minimum absolute atomic E-state index is 0.00443. The quantitative estimate of drug-likeness (QED) is 0.725. The lowest BCUT2D eigenvalue weighted by Gasteiger charge is -2.20. The van der Waals surface area contributed by atoms with E-state index >= 15 is 0 Å². The van der Waals surface area contributed by atoms with Crippen LogP contribution in [0.15, 0.2) is 48.5 Å². The number of ether oxygens (including phenoxy) is 5. The van der Waals surface area contributed by atoms with Crippen LogP contribution in [0.4, 0.5) is 0 Å². The van der Waals surface area contributed by atoms with Gasteiger partial charge in [-0.2, -0.15) is 0 Å². The molecule has 0 radical (unpaired) electrons. The van der Waals surface area contributed by atoms with Gasteiger partial charge in [0.2, 0.25) is 0 Å². The highest BCUT2D eigenvalue weighted by Gasteiger charge is 2.39. The van der Waals surface area contributed by atoms with Crippen LogP contribution in [0.3, 0.4) is 0 Å². The van der Waals surface area contributed by atoms with E-state index in [1.807, 2.05) is 55.5 Å². The molecule has 2 aromatic carbocycles. The van der Waals surface area contributed by atoms with E-state index in [-0.39, 0.29) is 30.8 Å². The minimum atomic E-state index is -0.212. The van der Waals surface area contributed by atoms with Gasteiger partial charge in [0.15, 0.2) is 6.61 Å². The third-order valence-corrected chi connectivity index (χ3v) is 5.26. The van der Waals surface area contributed by atoms with E-state index < -0.39 is 0 Å². The van der Waals surface area contributed by atoms with Gasteiger partial charge in [0.25, 0.3) is 5.91 Å². The number of likely N-dealkylation sites (tertiary alicyclic amines) is 1. The number of methoxy groups -OCH3 is 1. The van der Waals surface area contributed by atoms with Crippen LogP contribution in [0.1, 0.15) is 5.56 Å². The van der Waals surface area contributed by atoms with Crippen LogP contribution in [0.25, 0.3) is 0 Å². The molecule has 0 unspecified atom stereocenters. The molecule has 7 nitrogen and oxygen atoms in total. The van der Waals surface area contributed by atoms with Gasteiger partial charge in [0.05, 0.1) is 20.3 Å². The highest BCUT2D eigenvalue weighted by molar-refractivity contribution is 5.78. The SMILES string of the molecule is COc1cccc(OC2CO[C@H]3CN(C(=O)COc4cccc(C)c4)C[C@@H]3OC2)c1. The number of fused-ring (bicyclic) bond motifs is 1. The molecule has 0 aliphatic carbocycles. The second kappa shape index (κ2) is 9.36. The molecule has 160 valence electrons. The Kier molecular flexibility index (Phi) is 6.40. The lowest BCUT2D eigenvalue weighted by Crippen LogP contribution is -2.35. The molecule has 1 amide bonds. The molecule has 2 aliphatic rings. The zero-order chi connectivity index (χ0) is 20.9. The van der Waals surface area contributed by atoms with Gasteiger partial charge in [-0.25, -0.2) is 0 Å². The van der Waals surface area contributed by atoms with Gasteiger partial charge in [-0.05, 0) is 36.8 Å². The number of hydrogen-bond acceptors (Lipinski definition) is 6. The van der Waals surface area contributed by atoms with Crippen LogP contribution in [0.5, 0.6) is 17.2 Å². The molecule has 2 heterocycles. The molecule has 0 saturated carbocycles. The first kappa shape index (κ1) is 20.5. The van der Waals surface area contributed by atoms with Crippen LogP contribution in [-0.4, -0.2) is 69.1 Å². The lowest BCUT2D eigenvalue weighted by molar-refractivity contribution is -0.133. The fourth-order valence-corrected chi connectivity index (χ4v) is 3.65. The molecular weight excluding hydrogens is 386 g/mol. The number of hydrogen-bond donors (Lipinski definition) is 0. The molecule has 0 bridgehead atoms. The number of carbonyl (C=O) groups excluding carboxylic acids is 1. The fourth-order valence-electron chi connectivity index (χ4n) is 3.65. The molecule has 0 N–H and O–H groups in total. The van der Waals surface area contributed by atoms with E-state index in [0.717, 1.165) is 11.3 Å². The number of nitrogens with zero attached hydrogens (tertiary/aromatic N) is 1. The second-order valence-corrected chi connectivity index (χ2v) is 7.57. The van der Waals surface area contributed by atoms with Crippen molar-refractivity contribution in [1.29, 1.82) is 0 Å². The summed E-state index contributed by atoms with van der Waals surface area (Å²) in [6, 6.07) is 15.1. The fraction of sp³-hybridized carbons (Fsp3) is 0.435.